The lowest BCUT2D eigenvalue weighted by molar-refractivity contribution is -0.153. The van der Waals surface area contributed by atoms with Gasteiger partial charge in [0.25, 0.3) is 0 Å². The zero-order valence-electron chi connectivity index (χ0n) is 12.8. The summed E-state index contributed by atoms with van der Waals surface area (Å²) in [6.45, 7) is 7.14. The number of cyclic esters (lactones) is 1. The van der Waals surface area contributed by atoms with Gasteiger partial charge in [-0.1, -0.05) is 27.2 Å². The van der Waals surface area contributed by atoms with E-state index >= 15 is 0 Å². The molecule has 112 valence electrons. The monoisotopic (exact) mass is 278 g/mol. The zero-order chi connectivity index (χ0) is 14.5. The largest absolute Gasteiger partial charge is 0.458 e. The number of carbonyl (C=O) groups is 1. The fraction of sp³-hybridized carbons (Fsp3) is 0.824. The van der Waals surface area contributed by atoms with Crippen molar-refractivity contribution in [2.24, 2.45) is 23.2 Å². The quantitative estimate of drug-likeness (QED) is 0.790. The van der Waals surface area contributed by atoms with Crippen LogP contribution in [0.5, 0.6) is 0 Å². The van der Waals surface area contributed by atoms with Crippen LogP contribution in [-0.2, 0) is 9.53 Å². The molecule has 0 radical (unpaired) electrons. The zero-order valence-corrected chi connectivity index (χ0v) is 12.8. The lowest BCUT2D eigenvalue weighted by Gasteiger charge is -2.54. The van der Waals surface area contributed by atoms with E-state index in [0.29, 0.717) is 24.4 Å². The van der Waals surface area contributed by atoms with Crippen LogP contribution in [0.2, 0.25) is 0 Å². The minimum Gasteiger partial charge on any atom is -0.458 e. The molecule has 3 aliphatic rings. The first kappa shape index (κ1) is 14.1. The van der Waals surface area contributed by atoms with Crippen LogP contribution >= 0.6 is 0 Å². The maximum atomic E-state index is 11.4. The highest BCUT2D eigenvalue weighted by Gasteiger charge is 2.62. The van der Waals surface area contributed by atoms with Gasteiger partial charge in [0.2, 0.25) is 0 Å². The van der Waals surface area contributed by atoms with Crippen molar-refractivity contribution in [3.05, 3.63) is 11.6 Å². The van der Waals surface area contributed by atoms with Gasteiger partial charge in [-0.2, -0.15) is 0 Å². The number of hydrogen-bond donors (Lipinski definition) is 1. The van der Waals surface area contributed by atoms with Crippen LogP contribution in [0.1, 0.15) is 52.9 Å². The van der Waals surface area contributed by atoms with E-state index in [2.05, 4.69) is 20.8 Å². The molecular weight excluding hydrogens is 252 g/mol. The van der Waals surface area contributed by atoms with E-state index in [-0.39, 0.29) is 11.4 Å². The summed E-state index contributed by atoms with van der Waals surface area (Å²) in [7, 11) is 0. The summed E-state index contributed by atoms with van der Waals surface area (Å²) in [6, 6.07) is 0. The fourth-order valence-corrected chi connectivity index (χ4v) is 5.39. The number of esters is 1. The second kappa shape index (κ2) is 4.59. The van der Waals surface area contributed by atoms with E-state index in [0.717, 1.165) is 31.3 Å². The number of hydrogen-bond acceptors (Lipinski definition) is 3. The van der Waals surface area contributed by atoms with Crippen molar-refractivity contribution in [1.29, 1.82) is 0 Å². The van der Waals surface area contributed by atoms with Gasteiger partial charge in [0.15, 0.2) is 0 Å². The number of fused-ring (bicyclic) bond motifs is 1. The SMILES string of the molecule is CCC1C(C)CCC2(C)C(C3=CC(=O)OC3)CCC12O. The molecule has 2 fully saturated rings. The highest BCUT2D eigenvalue weighted by atomic mass is 16.5. The van der Waals surface area contributed by atoms with Crippen molar-refractivity contribution in [2.45, 2.75) is 58.5 Å². The van der Waals surface area contributed by atoms with Crippen LogP contribution in [0.4, 0.5) is 0 Å². The van der Waals surface area contributed by atoms with Gasteiger partial charge in [0.05, 0.1) is 5.60 Å². The van der Waals surface area contributed by atoms with E-state index in [4.69, 9.17) is 4.74 Å². The van der Waals surface area contributed by atoms with E-state index in [1.165, 1.54) is 6.42 Å². The van der Waals surface area contributed by atoms with Crippen molar-refractivity contribution in [3.8, 4) is 0 Å². The van der Waals surface area contributed by atoms with Gasteiger partial charge in [-0.15, -0.1) is 0 Å². The van der Waals surface area contributed by atoms with Crippen LogP contribution in [0.15, 0.2) is 11.6 Å². The number of aliphatic hydroxyl groups is 1. The van der Waals surface area contributed by atoms with Crippen molar-refractivity contribution >= 4 is 5.97 Å². The molecule has 1 heterocycles. The Bertz CT molecular complexity index is 455. The summed E-state index contributed by atoms with van der Waals surface area (Å²) in [5.74, 6) is 1.06. The average molecular weight is 278 g/mol. The molecule has 0 aromatic heterocycles. The Morgan fingerprint density at radius 1 is 1.40 bits per heavy atom. The standard InChI is InChI=1S/C17H26O3/c1-4-13-11(2)5-7-16(3)14(6-8-17(13,16)19)12-9-15(18)20-10-12/h9,11,13-14,19H,4-8,10H2,1-3H3. The van der Waals surface area contributed by atoms with Crippen molar-refractivity contribution in [2.75, 3.05) is 6.61 Å². The van der Waals surface area contributed by atoms with Crippen LogP contribution in [0, 0.1) is 23.2 Å². The molecule has 0 spiro atoms. The molecule has 1 aliphatic heterocycles. The number of rotatable bonds is 2. The molecule has 3 heteroatoms. The Kier molecular flexibility index (Phi) is 3.24. The second-order valence-electron chi connectivity index (χ2n) is 7.29. The molecule has 0 bridgehead atoms. The molecule has 0 aromatic carbocycles. The molecule has 5 atom stereocenters. The lowest BCUT2D eigenvalue weighted by atomic mass is 9.54. The van der Waals surface area contributed by atoms with Crippen molar-refractivity contribution in [3.63, 3.8) is 0 Å². The molecule has 0 aromatic rings. The summed E-state index contributed by atoms with van der Waals surface area (Å²) in [5, 5.41) is 11.4. The van der Waals surface area contributed by atoms with Gasteiger partial charge in [0.1, 0.15) is 6.61 Å². The summed E-state index contributed by atoms with van der Waals surface area (Å²) in [6.07, 6.45) is 6.78. The summed E-state index contributed by atoms with van der Waals surface area (Å²) < 4.78 is 5.10. The first-order chi connectivity index (χ1) is 9.42. The number of carbonyl (C=O) groups excluding carboxylic acids is 1. The molecule has 2 saturated carbocycles. The summed E-state index contributed by atoms with van der Waals surface area (Å²) in [5.41, 5.74) is 0.439. The molecular formula is C17H26O3. The van der Waals surface area contributed by atoms with E-state index in [1.54, 1.807) is 6.08 Å². The molecule has 3 nitrogen and oxygen atoms in total. The third kappa shape index (κ3) is 1.71. The highest BCUT2D eigenvalue weighted by Crippen LogP contribution is 2.63. The molecule has 2 aliphatic carbocycles. The van der Waals surface area contributed by atoms with Crippen LogP contribution in [-0.4, -0.2) is 23.3 Å². The third-order valence-electron chi connectivity index (χ3n) is 6.56. The maximum Gasteiger partial charge on any atom is 0.331 e. The summed E-state index contributed by atoms with van der Waals surface area (Å²) >= 11 is 0. The normalized spacial score (nSPS) is 47.9. The van der Waals surface area contributed by atoms with Crippen molar-refractivity contribution < 1.29 is 14.6 Å². The highest BCUT2D eigenvalue weighted by molar-refractivity contribution is 5.85. The van der Waals surface area contributed by atoms with Crippen LogP contribution in [0.25, 0.3) is 0 Å². The van der Waals surface area contributed by atoms with Crippen LogP contribution < -0.4 is 0 Å². The van der Waals surface area contributed by atoms with Gasteiger partial charge < -0.3 is 9.84 Å². The maximum absolute atomic E-state index is 11.4. The number of ether oxygens (including phenoxy) is 1. The fourth-order valence-electron chi connectivity index (χ4n) is 5.39. The minimum atomic E-state index is -0.573. The van der Waals surface area contributed by atoms with E-state index in [9.17, 15) is 9.90 Å². The first-order valence-electron chi connectivity index (χ1n) is 8.02. The minimum absolute atomic E-state index is 0.0972. The predicted octanol–water partition coefficient (Wildman–Crippen LogP) is 3.07. The molecule has 1 N–H and O–H groups in total. The Labute approximate surface area is 121 Å². The molecule has 0 amide bonds. The van der Waals surface area contributed by atoms with Gasteiger partial charge in [-0.3, -0.25) is 0 Å². The second-order valence-corrected chi connectivity index (χ2v) is 7.29. The third-order valence-corrected chi connectivity index (χ3v) is 6.56. The molecule has 20 heavy (non-hydrogen) atoms. The first-order valence-corrected chi connectivity index (χ1v) is 8.02. The Morgan fingerprint density at radius 2 is 2.15 bits per heavy atom. The Balaban J connectivity index is 1.95. The smallest absolute Gasteiger partial charge is 0.331 e. The van der Waals surface area contributed by atoms with Gasteiger partial charge >= 0.3 is 5.97 Å². The van der Waals surface area contributed by atoms with Crippen LogP contribution in [0.3, 0.4) is 0 Å². The van der Waals surface area contributed by atoms with Gasteiger partial charge in [-0.05, 0) is 49.0 Å². The van der Waals surface area contributed by atoms with E-state index in [1.807, 2.05) is 0 Å². The molecule has 0 saturated heterocycles. The topological polar surface area (TPSA) is 46.5 Å². The lowest BCUT2D eigenvalue weighted by Crippen LogP contribution is -2.55. The average Bonchev–Trinajstić information content (AvgIpc) is 2.92. The van der Waals surface area contributed by atoms with Gasteiger partial charge in [-0.25, -0.2) is 4.79 Å². The molecule has 5 unspecified atom stereocenters. The van der Waals surface area contributed by atoms with E-state index < -0.39 is 5.60 Å². The van der Waals surface area contributed by atoms with Gasteiger partial charge in [0, 0.05) is 11.5 Å². The predicted molar refractivity (Wildman–Crippen MR) is 77.0 cm³/mol. The summed E-state index contributed by atoms with van der Waals surface area (Å²) in [4.78, 5) is 11.4. The molecule has 3 rings (SSSR count). The Morgan fingerprint density at radius 3 is 2.75 bits per heavy atom. The Hall–Kier alpha value is -0.830. The van der Waals surface area contributed by atoms with Crippen molar-refractivity contribution in [1.82, 2.24) is 0 Å².